The molecule has 0 unspecified atom stereocenters. The molecule has 0 spiro atoms. The van der Waals surface area contributed by atoms with Crippen LogP contribution in [0.2, 0.25) is 0 Å². The van der Waals surface area contributed by atoms with Crippen LogP contribution in [-0.4, -0.2) is 38.6 Å². The fraction of sp³-hybridized carbons (Fsp3) is 0.353. The Bertz CT molecular complexity index is 996. The number of fused-ring (bicyclic) bond motifs is 1. The molecule has 0 fully saturated rings. The molecule has 2 heterocycles. The Morgan fingerprint density at radius 3 is 2.77 bits per heavy atom. The number of nitrogens with one attached hydrogen (secondary N) is 2. The Labute approximate surface area is 165 Å². The van der Waals surface area contributed by atoms with Crippen molar-refractivity contribution in [2.24, 2.45) is 0 Å². The lowest BCUT2D eigenvalue weighted by molar-refractivity contribution is 0.0963. The van der Waals surface area contributed by atoms with E-state index in [1.165, 1.54) is 0 Å². The summed E-state index contributed by atoms with van der Waals surface area (Å²) in [7, 11) is -1.85. The third-order valence-corrected chi connectivity index (χ3v) is 6.97. The topological polar surface area (TPSA) is 88.4 Å². The molecule has 6 nitrogen and oxygen atoms in total. The largest absolute Gasteiger partial charge is 0.455 e. The number of halogens is 1. The second kappa shape index (κ2) is 7.66. The summed E-state index contributed by atoms with van der Waals surface area (Å²) in [4.78, 5) is 12.5. The summed E-state index contributed by atoms with van der Waals surface area (Å²) >= 11 is 5.22. The molecule has 0 bridgehead atoms. The minimum Gasteiger partial charge on any atom is -0.455 e. The maximum Gasteiger partial charge on any atom is 0.255 e. The molecule has 0 atom stereocenters. The van der Waals surface area contributed by atoms with Crippen molar-refractivity contribution in [3.63, 3.8) is 0 Å². The standard InChI is InChI=1S/C17H19BrN2O4S2/c1-3-26(22,23)20-13-9-14-11(8-12(13)18)15(17(21)19-2)16(24-14)10-4-6-25-7-5-10/h4,8-9,20H,3,5-7H2,1-2H3,(H,19,21). The number of sulfonamides is 1. The van der Waals surface area contributed by atoms with E-state index >= 15 is 0 Å². The molecule has 0 saturated heterocycles. The van der Waals surface area contributed by atoms with Crippen molar-refractivity contribution >= 4 is 65.9 Å². The van der Waals surface area contributed by atoms with Gasteiger partial charge >= 0.3 is 0 Å². The Hall–Kier alpha value is -1.45. The third-order valence-electron chi connectivity index (χ3n) is 4.13. The molecule has 140 valence electrons. The van der Waals surface area contributed by atoms with Gasteiger partial charge in [0, 0.05) is 28.7 Å². The molecule has 1 aromatic carbocycles. The van der Waals surface area contributed by atoms with E-state index in [-0.39, 0.29) is 11.7 Å². The fourth-order valence-electron chi connectivity index (χ4n) is 2.74. The number of furan rings is 1. The van der Waals surface area contributed by atoms with Gasteiger partial charge in [0.05, 0.1) is 17.0 Å². The summed E-state index contributed by atoms with van der Waals surface area (Å²) in [6.07, 6.45) is 2.90. The van der Waals surface area contributed by atoms with Crippen molar-refractivity contribution in [1.29, 1.82) is 0 Å². The molecule has 9 heteroatoms. The number of hydrogen-bond donors (Lipinski definition) is 2. The van der Waals surface area contributed by atoms with Gasteiger partial charge in [0.2, 0.25) is 10.0 Å². The second-order valence-electron chi connectivity index (χ2n) is 5.77. The molecule has 0 aliphatic carbocycles. The summed E-state index contributed by atoms with van der Waals surface area (Å²) in [5.74, 6) is 2.15. The number of carbonyl (C=O) groups is 1. The van der Waals surface area contributed by atoms with Crippen molar-refractivity contribution in [3.05, 3.63) is 34.0 Å². The number of anilines is 1. The minimum absolute atomic E-state index is 0.0328. The van der Waals surface area contributed by atoms with E-state index < -0.39 is 10.0 Å². The van der Waals surface area contributed by atoms with Crippen molar-refractivity contribution in [2.75, 3.05) is 29.0 Å². The average Bonchev–Trinajstić information content (AvgIpc) is 3.00. The van der Waals surface area contributed by atoms with Crippen LogP contribution in [0.25, 0.3) is 16.5 Å². The first kappa shape index (κ1) is 19.3. The van der Waals surface area contributed by atoms with Crippen LogP contribution in [0.3, 0.4) is 0 Å². The number of thioether (sulfide) groups is 1. The lowest BCUT2D eigenvalue weighted by Gasteiger charge is -2.11. The van der Waals surface area contributed by atoms with Crippen LogP contribution >= 0.6 is 27.7 Å². The summed E-state index contributed by atoms with van der Waals surface area (Å²) < 4.78 is 32.9. The Morgan fingerprint density at radius 1 is 1.38 bits per heavy atom. The zero-order valence-corrected chi connectivity index (χ0v) is 17.6. The summed E-state index contributed by atoms with van der Waals surface area (Å²) in [6.45, 7) is 1.57. The van der Waals surface area contributed by atoms with Gasteiger partial charge in [0.25, 0.3) is 5.91 Å². The van der Waals surface area contributed by atoms with Crippen molar-refractivity contribution in [1.82, 2.24) is 5.32 Å². The molecule has 1 amide bonds. The van der Waals surface area contributed by atoms with Crippen LogP contribution in [0.15, 0.2) is 27.1 Å². The van der Waals surface area contributed by atoms with Gasteiger partial charge in [-0.2, -0.15) is 11.8 Å². The van der Waals surface area contributed by atoms with Gasteiger partial charge in [-0.3, -0.25) is 9.52 Å². The lowest BCUT2D eigenvalue weighted by Crippen LogP contribution is -2.19. The van der Waals surface area contributed by atoms with Gasteiger partial charge < -0.3 is 9.73 Å². The number of amides is 1. The first-order chi connectivity index (χ1) is 12.4. The van der Waals surface area contributed by atoms with Crippen LogP contribution in [0.4, 0.5) is 5.69 Å². The quantitative estimate of drug-likeness (QED) is 0.710. The summed E-state index contributed by atoms with van der Waals surface area (Å²) in [5.41, 5.74) is 2.34. The molecule has 1 aliphatic heterocycles. The number of benzene rings is 1. The van der Waals surface area contributed by atoms with E-state index in [0.29, 0.717) is 32.5 Å². The van der Waals surface area contributed by atoms with Crippen LogP contribution < -0.4 is 10.0 Å². The molecule has 26 heavy (non-hydrogen) atoms. The fourth-order valence-corrected chi connectivity index (χ4v) is 4.82. The maximum absolute atomic E-state index is 12.5. The van der Waals surface area contributed by atoms with Gasteiger partial charge in [-0.1, -0.05) is 6.08 Å². The molecule has 1 aromatic heterocycles. The minimum atomic E-state index is -3.42. The van der Waals surface area contributed by atoms with E-state index in [9.17, 15) is 13.2 Å². The monoisotopic (exact) mass is 458 g/mol. The number of rotatable bonds is 5. The van der Waals surface area contributed by atoms with Crippen molar-refractivity contribution < 1.29 is 17.6 Å². The first-order valence-corrected chi connectivity index (χ1v) is 11.7. The van der Waals surface area contributed by atoms with E-state index in [4.69, 9.17) is 4.42 Å². The van der Waals surface area contributed by atoms with Crippen molar-refractivity contribution in [3.8, 4) is 0 Å². The normalized spacial score (nSPS) is 15.0. The zero-order chi connectivity index (χ0) is 18.9. The smallest absolute Gasteiger partial charge is 0.255 e. The highest BCUT2D eigenvalue weighted by atomic mass is 79.9. The number of hydrogen-bond acceptors (Lipinski definition) is 5. The lowest BCUT2D eigenvalue weighted by atomic mass is 10.0. The number of carbonyl (C=O) groups excluding carboxylic acids is 1. The predicted molar refractivity (Wildman–Crippen MR) is 110 cm³/mol. The predicted octanol–water partition coefficient (Wildman–Crippen LogP) is 3.84. The van der Waals surface area contributed by atoms with Gasteiger partial charge in [0.1, 0.15) is 11.3 Å². The highest BCUT2D eigenvalue weighted by Crippen LogP contribution is 2.38. The first-order valence-electron chi connectivity index (χ1n) is 8.12. The van der Waals surface area contributed by atoms with E-state index in [1.54, 1.807) is 26.1 Å². The molecular formula is C17H19BrN2O4S2. The molecule has 3 rings (SSSR count). The van der Waals surface area contributed by atoms with Crippen LogP contribution in [0.1, 0.15) is 29.5 Å². The average molecular weight is 459 g/mol. The van der Waals surface area contributed by atoms with E-state index in [2.05, 4.69) is 32.0 Å². The Kier molecular flexibility index (Phi) is 5.69. The molecule has 0 saturated carbocycles. The molecular weight excluding hydrogens is 440 g/mol. The summed E-state index contributed by atoms with van der Waals surface area (Å²) in [5, 5.41) is 3.31. The van der Waals surface area contributed by atoms with E-state index in [1.807, 2.05) is 11.8 Å². The molecule has 2 N–H and O–H groups in total. The maximum atomic E-state index is 12.5. The highest BCUT2D eigenvalue weighted by molar-refractivity contribution is 9.10. The third kappa shape index (κ3) is 3.79. The van der Waals surface area contributed by atoms with E-state index in [0.717, 1.165) is 23.5 Å². The zero-order valence-electron chi connectivity index (χ0n) is 14.4. The molecule has 1 aliphatic rings. The Morgan fingerprint density at radius 2 is 2.15 bits per heavy atom. The van der Waals surface area contributed by atoms with Crippen LogP contribution in [0.5, 0.6) is 0 Å². The SMILES string of the molecule is CCS(=O)(=O)Nc1cc2oc(C3=CCSCC3)c(C(=O)NC)c2cc1Br. The van der Waals surface area contributed by atoms with Gasteiger partial charge in [-0.25, -0.2) is 8.42 Å². The van der Waals surface area contributed by atoms with Gasteiger partial charge in [-0.15, -0.1) is 0 Å². The summed E-state index contributed by atoms with van der Waals surface area (Å²) in [6, 6.07) is 3.33. The second-order valence-corrected chi connectivity index (χ2v) is 9.79. The van der Waals surface area contributed by atoms with Gasteiger partial charge in [0.15, 0.2) is 0 Å². The molecule has 0 radical (unpaired) electrons. The molecule has 2 aromatic rings. The van der Waals surface area contributed by atoms with Crippen LogP contribution in [0, 0.1) is 0 Å². The van der Waals surface area contributed by atoms with Crippen LogP contribution in [-0.2, 0) is 10.0 Å². The highest BCUT2D eigenvalue weighted by Gasteiger charge is 2.25. The van der Waals surface area contributed by atoms with Crippen molar-refractivity contribution in [2.45, 2.75) is 13.3 Å². The van der Waals surface area contributed by atoms with Gasteiger partial charge in [-0.05, 0) is 46.7 Å². The number of allylic oxidation sites excluding steroid dienone is 1. The Balaban J connectivity index is 2.19.